The number of rotatable bonds is 2. The molecule has 0 spiro atoms. The summed E-state index contributed by atoms with van der Waals surface area (Å²) in [4.78, 5) is 8.32. The molecule has 23 heavy (non-hydrogen) atoms. The van der Waals surface area contributed by atoms with Crippen LogP contribution in [0.4, 0.5) is 10.4 Å². The van der Waals surface area contributed by atoms with Crippen LogP contribution in [-0.4, -0.2) is 17.1 Å². The van der Waals surface area contributed by atoms with Crippen LogP contribution in [0.1, 0.15) is 5.56 Å². The van der Waals surface area contributed by atoms with E-state index in [9.17, 15) is 4.39 Å². The number of nitrogen functional groups attached to an aromatic ring is 1. The summed E-state index contributed by atoms with van der Waals surface area (Å²) in [5.41, 5.74) is 8.04. The third-order valence-electron chi connectivity index (χ3n) is 3.71. The molecule has 7 heteroatoms. The number of para-hydroxylation sites is 2. The Kier molecular flexibility index (Phi) is 2.77. The number of halogens is 1. The van der Waals surface area contributed by atoms with Crippen LogP contribution >= 0.6 is 0 Å². The van der Waals surface area contributed by atoms with E-state index >= 15 is 0 Å². The molecule has 2 N–H and O–H groups in total. The molecule has 4 rings (SSSR count). The summed E-state index contributed by atoms with van der Waals surface area (Å²) >= 11 is 0. The summed E-state index contributed by atoms with van der Waals surface area (Å²) < 4.78 is 31.1. The predicted molar refractivity (Wildman–Crippen MR) is 82.7 cm³/mol. The lowest BCUT2D eigenvalue weighted by Crippen LogP contribution is -1.97. The van der Waals surface area contributed by atoms with Gasteiger partial charge in [-0.2, -0.15) is 4.98 Å². The molecule has 0 fully saturated rings. The number of fused-ring (bicyclic) bond motifs is 2. The minimum atomic E-state index is -0.614. The van der Waals surface area contributed by atoms with E-state index in [-0.39, 0.29) is 28.7 Å². The van der Waals surface area contributed by atoms with Gasteiger partial charge in [-0.05, 0) is 19.1 Å². The molecular weight excluding hydrogens is 301 g/mol. The van der Waals surface area contributed by atoms with E-state index in [0.717, 1.165) is 0 Å². The minimum Gasteiger partial charge on any atom is -0.491 e. The predicted octanol–water partition coefficient (Wildman–Crippen LogP) is 3.67. The molecule has 2 aromatic carbocycles. The van der Waals surface area contributed by atoms with Crippen molar-refractivity contribution in [3.05, 3.63) is 35.6 Å². The summed E-state index contributed by atoms with van der Waals surface area (Å²) in [6.45, 7) is 1.69. The third kappa shape index (κ3) is 1.86. The van der Waals surface area contributed by atoms with Crippen LogP contribution in [0.15, 0.2) is 33.1 Å². The molecule has 0 aliphatic heterocycles. The van der Waals surface area contributed by atoms with Crippen LogP contribution in [0, 0.1) is 12.7 Å². The van der Waals surface area contributed by atoms with Crippen molar-refractivity contribution in [3.63, 3.8) is 0 Å². The van der Waals surface area contributed by atoms with Crippen LogP contribution in [0.25, 0.3) is 33.7 Å². The number of hydrogen-bond donors (Lipinski definition) is 1. The number of aromatic nitrogens is 2. The first-order valence-corrected chi connectivity index (χ1v) is 6.88. The van der Waals surface area contributed by atoms with Gasteiger partial charge in [0.1, 0.15) is 5.52 Å². The molecule has 6 nitrogen and oxygen atoms in total. The topological polar surface area (TPSA) is 87.3 Å². The molecule has 2 heterocycles. The SMILES string of the molecule is COc1c(F)c(-c2nc3ccccc3o2)c(C)c2oc(N)nc12. The van der Waals surface area contributed by atoms with Gasteiger partial charge in [0.2, 0.25) is 5.89 Å². The van der Waals surface area contributed by atoms with Gasteiger partial charge in [-0.25, -0.2) is 9.37 Å². The first kappa shape index (κ1) is 13.6. The Bertz CT molecular complexity index is 1020. The average molecular weight is 313 g/mol. The second-order valence-corrected chi connectivity index (χ2v) is 5.06. The molecule has 0 unspecified atom stereocenters. The lowest BCUT2D eigenvalue weighted by atomic mass is 10.1. The highest BCUT2D eigenvalue weighted by molar-refractivity contribution is 5.91. The first-order valence-electron chi connectivity index (χ1n) is 6.88. The molecule has 0 saturated carbocycles. The van der Waals surface area contributed by atoms with Gasteiger partial charge < -0.3 is 19.3 Å². The highest BCUT2D eigenvalue weighted by Crippen LogP contribution is 2.40. The van der Waals surface area contributed by atoms with Gasteiger partial charge in [0.15, 0.2) is 28.2 Å². The van der Waals surface area contributed by atoms with Gasteiger partial charge >= 0.3 is 0 Å². The molecule has 0 amide bonds. The summed E-state index contributed by atoms with van der Waals surface area (Å²) in [6.07, 6.45) is 0. The molecule has 116 valence electrons. The Morgan fingerprint density at radius 2 is 1.96 bits per heavy atom. The van der Waals surface area contributed by atoms with Crippen molar-refractivity contribution in [1.82, 2.24) is 9.97 Å². The van der Waals surface area contributed by atoms with Crippen LogP contribution in [0.2, 0.25) is 0 Å². The summed E-state index contributed by atoms with van der Waals surface area (Å²) in [6, 6.07) is 7.15. The number of hydrogen-bond acceptors (Lipinski definition) is 6. The Labute approximate surface area is 129 Å². The number of benzene rings is 2. The lowest BCUT2D eigenvalue weighted by molar-refractivity contribution is 0.390. The lowest BCUT2D eigenvalue weighted by Gasteiger charge is -2.08. The molecule has 0 radical (unpaired) electrons. The zero-order valence-corrected chi connectivity index (χ0v) is 12.4. The van der Waals surface area contributed by atoms with Crippen molar-refractivity contribution in [2.45, 2.75) is 6.92 Å². The second kappa shape index (κ2) is 4.70. The van der Waals surface area contributed by atoms with E-state index in [1.807, 2.05) is 12.1 Å². The van der Waals surface area contributed by atoms with Crippen molar-refractivity contribution < 1.29 is 18.0 Å². The average Bonchev–Trinajstić information content (AvgIpc) is 3.11. The zero-order valence-electron chi connectivity index (χ0n) is 12.4. The monoisotopic (exact) mass is 313 g/mol. The number of oxazole rings is 2. The smallest absolute Gasteiger partial charge is 0.293 e. The van der Waals surface area contributed by atoms with Crippen LogP contribution < -0.4 is 10.5 Å². The summed E-state index contributed by atoms with van der Waals surface area (Å²) in [5.74, 6) is -0.517. The summed E-state index contributed by atoms with van der Waals surface area (Å²) in [5, 5.41) is 0. The first-order chi connectivity index (χ1) is 11.1. The minimum absolute atomic E-state index is 0.0525. The number of ether oxygens (including phenoxy) is 1. The van der Waals surface area contributed by atoms with Gasteiger partial charge in [0, 0.05) is 5.56 Å². The zero-order chi connectivity index (χ0) is 16.1. The van der Waals surface area contributed by atoms with Crippen molar-refractivity contribution >= 4 is 28.2 Å². The van der Waals surface area contributed by atoms with Crippen LogP contribution in [-0.2, 0) is 0 Å². The molecule has 2 aromatic heterocycles. The maximum atomic E-state index is 14.9. The Morgan fingerprint density at radius 3 is 2.70 bits per heavy atom. The molecule has 0 atom stereocenters. The third-order valence-corrected chi connectivity index (χ3v) is 3.71. The van der Waals surface area contributed by atoms with E-state index in [1.54, 1.807) is 19.1 Å². The van der Waals surface area contributed by atoms with Gasteiger partial charge in [-0.1, -0.05) is 12.1 Å². The molecule has 0 aliphatic rings. The van der Waals surface area contributed by atoms with Gasteiger partial charge in [0.25, 0.3) is 6.01 Å². The molecule has 0 bridgehead atoms. The van der Waals surface area contributed by atoms with Crippen LogP contribution in [0.3, 0.4) is 0 Å². The maximum Gasteiger partial charge on any atom is 0.293 e. The largest absolute Gasteiger partial charge is 0.491 e. The van der Waals surface area contributed by atoms with Gasteiger partial charge in [-0.15, -0.1) is 0 Å². The van der Waals surface area contributed by atoms with E-state index in [2.05, 4.69) is 9.97 Å². The number of anilines is 1. The number of aryl methyl sites for hydroxylation is 1. The standard InChI is InChI=1S/C16H12FN3O3/c1-7-10(15-19-8-5-3-4-6-9(8)22-15)11(17)14(21-2)12-13(7)23-16(18)20-12/h3-6H,1-2H3,(H2,18,20). The molecular formula is C16H12FN3O3. The van der Waals surface area contributed by atoms with E-state index in [0.29, 0.717) is 22.2 Å². The normalized spacial score (nSPS) is 11.4. The Balaban J connectivity index is 2.09. The fraction of sp³-hybridized carbons (Fsp3) is 0.125. The van der Waals surface area contributed by atoms with Gasteiger partial charge in [-0.3, -0.25) is 0 Å². The highest BCUT2D eigenvalue weighted by atomic mass is 19.1. The van der Waals surface area contributed by atoms with Crippen LogP contribution in [0.5, 0.6) is 5.75 Å². The Hall–Kier alpha value is -3.09. The number of methoxy groups -OCH3 is 1. The van der Waals surface area contributed by atoms with Gasteiger partial charge in [0.05, 0.1) is 12.7 Å². The van der Waals surface area contributed by atoms with E-state index in [1.165, 1.54) is 7.11 Å². The fourth-order valence-corrected chi connectivity index (χ4v) is 2.66. The van der Waals surface area contributed by atoms with Crippen molar-refractivity contribution in [2.24, 2.45) is 0 Å². The molecule has 0 saturated heterocycles. The van der Waals surface area contributed by atoms with Crippen molar-refractivity contribution in [1.29, 1.82) is 0 Å². The van der Waals surface area contributed by atoms with E-state index < -0.39 is 5.82 Å². The summed E-state index contributed by atoms with van der Waals surface area (Å²) in [7, 11) is 1.36. The molecule has 0 aliphatic carbocycles. The highest BCUT2D eigenvalue weighted by Gasteiger charge is 2.26. The fourth-order valence-electron chi connectivity index (χ4n) is 2.66. The van der Waals surface area contributed by atoms with Crippen molar-refractivity contribution in [3.8, 4) is 17.2 Å². The second-order valence-electron chi connectivity index (χ2n) is 5.06. The maximum absolute atomic E-state index is 14.9. The quantitative estimate of drug-likeness (QED) is 0.607. The molecule has 4 aromatic rings. The Morgan fingerprint density at radius 1 is 1.17 bits per heavy atom. The number of nitrogens with two attached hydrogens (primary N) is 1. The van der Waals surface area contributed by atoms with Crippen molar-refractivity contribution in [2.75, 3.05) is 12.8 Å². The number of nitrogens with zero attached hydrogens (tertiary/aromatic N) is 2. The van der Waals surface area contributed by atoms with E-state index in [4.69, 9.17) is 19.3 Å².